The molecule has 1 atom stereocenters. The van der Waals surface area contributed by atoms with Gasteiger partial charge >= 0.3 is 0 Å². The second kappa shape index (κ2) is 4.49. The number of nitrogens with one attached hydrogen (secondary N) is 1. The topological polar surface area (TPSA) is 75.4 Å². The van der Waals surface area contributed by atoms with Crippen LogP contribution in [0.1, 0.15) is 12.0 Å². The number of hydrogen-bond acceptors (Lipinski definition) is 4. The molecular weight excluding hydrogens is 254 g/mol. The summed E-state index contributed by atoms with van der Waals surface area (Å²) in [4.78, 5) is 24.3. The summed E-state index contributed by atoms with van der Waals surface area (Å²) in [5, 5.41) is 3.46. The van der Waals surface area contributed by atoms with E-state index in [2.05, 4.69) is 5.32 Å². The number of rotatable bonds is 2. The second-order valence-corrected chi connectivity index (χ2v) is 4.79. The summed E-state index contributed by atoms with van der Waals surface area (Å²) in [7, 11) is 1.48. The standard InChI is InChI=1S/C12H14ClN3O2/c1-6-3-8(14)7(13)4-9(6)15-10-5-11(17)16(2)12(10)18/h3-4,10,15H,5,14H2,1-2H3. The molecule has 1 aromatic carbocycles. The number of halogens is 1. The Morgan fingerprint density at radius 2 is 2.11 bits per heavy atom. The molecule has 0 bridgehead atoms. The van der Waals surface area contributed by atoms with Crippen molar-refractivity contribution < 1.29 is 9.59 Å². The molecule has 0 spiro atoms. The third-order valence-corrected chi connectivity index (χ3v) is 3.38. The van der Waals surface area contributed by atoms with Crippen molar-refractivity contribution in [2.75, 3.05) is 18.1 Å². The molecule has 0 aromatic heterocycles. The zero-order valence-electron chi connectivity index (χ0n) is 10.2. The molecule has 1 aliphatic rings. The van der Waals surface area contributed by atoms with Crippen molar-refractivity contribution in [3.05, 3.63) is 22.7 Å². The van der Waals surface area contributed by atoms with Crippen LogP contribution in [0, 0.1) is 6.92 Å². The van der Waals surface area contributed by atoms with Gasteiger partial charge in [0.15, 0.2) is 0 Å². The van der Waals surface area contributed by atoms with Crippen molar-refractivity contribution in [1.29, 1.82) is 0 Å². The van der Waals surface area contributed by atoms with Crippen molar-refractivity contribution in [3.8, 4) is 0 Å². The molecule has 0 radical (unpaired) electrons. The summed E-state index contributed by atoms with van der Waals surface area (Å²) >= 11 is 5.94. The van der Waals surface area contributed by atoms with Gasteiger partial charge in [-0.1, -0.05) is 11.6 Å². The summed E-state index contributed by atoms with van der Waals surface area (Å²) in [6.45, 7) is 1.86. The lowest BCUT2D eigenvalue weighted by Crippen LogP contribution is -2.32. The highest BCUT2D eigenvalue weighted by Gasteiger charge is 2.36. The normalized spacial score (nSPS) is 19.5. The molecule has 3 N–H and O–H groups in total. The molecule has 1 fully saturated rings. The minimum Gasteiger partial charge on any atom is -0.398 e. The Kier molecular flexibility index (Phi) is 3.17. The molecular formula is C12H14ClN3O2. The summed E-state index contributed by atoms with van der Waals surface area (Å²) in [5.41, 5.74) is 7.77. The fourth-order valence-corrected chi connectivity index (χ4v) is 2.08. The fourth-order valence-electron chi connectivity index (χ4n) is 1.92. The number of imide groups is 1. The SMILES string of the molecule is Cc1cc(N)c(Cl)cc1NC1CC(=O)N(C)C1=O. The van der Waals surface area contributed by atoms with Gasteiger partial charge in [-0.15, -0.1) is 0 Å². The van der Waals surface area contributed by atoms with Gasteiger partial charge in [0.25, 0.3) is 5.91 Å². The maximum Gasteiger partial charge on any atom is 0.251 e. The van der Waals surface area contributed by atoms with E-state index >= 15 is 0 Å². The molecule has 1 saturated heterocycles. The monoisotopic (exact) mass is 267 g/mol. The van der Waals surface area contributed by atoms with Crippen LogP contribution in [-0.2, 0) is 9.59 Å². The Morgan fingerprint density at radius 1 is 1.44 bits per heavy atom. The molecule has 1 heterocycles. The molecule has 5 nitrogen and oxygen atoms in total. The van der Waals surface area contributed by atoms with Gasteiger partial charge in [0.05, 0.1) is 17.1 Å². The van der Waals surface area contributed by atoms with E-state index in [-0.39, 0.29) is 18.2 Å². The largest absolute Gasteiger partial charge is 0.398 e. The van der Waals surface area contributed by atoms with E-state index in [1.54, 1.807) is 12.1 Å². The third kappa shape index (κ3) is 2.13. The van der Waals surface area contributed by atoms with Crippen LogP contribution in [0.4, 0.5) is 11.4 Å². The van der Waals surface area contributed by atoms with E-state index in [1.165, 1.54) is 7.05 Å². The van der Waals surface area contributed by atoms with Gasteiger partial charge in [0.1, 0.15) is 6.04 Å². The zero-order valence-corrected chi connectivity index (χ0v) is 10.9. The van der Waals surface area contributed by atoms with Gasteiger partial charge in [0.2, 0.25) is 5.91 Å². The summed E-state index contributed by atoms with van der Waals surface area (Å²) in [6.07, 6.45) is 0.163. The number of nitrogen functional groups attached to an aromatic ring is 1. The summed E-state index contributed by atoms with van der Waals surface area (Å²) < 4.78 is 0. The van der Waals surface area contributed by atoms with Crippen LogP contribution >= 0.6 is 11.6 Å². The van der Waals surface area contributed by atoms with E-state index in [0.717, 1.165) is 16.2 Å². The average molecular weight is 268 g/mol. The molecule has 1 aromatic rings. The number of amides is 2. The van der Waals surface area contributed by atoms with Gasteiger partial charge in [-0.3, -0.25) is 14.5 Å². The van der Waals surface area contributed by atoms with Gasteiger partial charge in [-0.2, -0.15) is 0 Å². The number of nitrogens with zero attached hydrogens (tertiary/aromatic N) is 1. The summed E-state index contributed by atoms with van der Waals surface area (Å²) in [5.74, 6) is -0.413. The number of likely N-dealkylation sites (N-methyl/N-ethyl adjacent to an activating group) is 1. The van der Waals surface area contributed by atoms with Gasteiger partial charge in [-0.25, -0.2) is 0 Å². The molecule has 96 valence electrons. The van der Waals surface area contributed by atoms with Crippen LogP contribution < -0.4 is 11.1 Å². The highest BCUT2D eigenvalue weighted by molar-refractivity contribution is 6.33. The number of nitrogens with two attached hydrogens (primary N) is 1. The van der Waals surface area contributed by atoms with Crippen molar-refractivity contribution >= 4 is 34.8 Å². The van der Waals surface area contributed by atoms with Gasteiger partial charge in [0, 0.05) is 12.7 Å². The number of hydrogen-bond donors (Lipinski definition) is 2. The lowest BCUT2D eigenvalue weighted by Gasteiger charge is -2.15. The highest BCUT2D eigenvalue weighted by atomic mass is 35.5. The minimum absolute atomic E-state index is 0.163. The predicted octanol–water partition coefficient (Wildman–Crippen LogP) is 1.40. The first-order chi connectivity index (χ1) is 8.40. The second-order valence-electron chi connectivity index (χ2n) is 4.38. The fraction of sp³-hybridized carbons (Fsp3) is 0.333. The zero-order chi connectivity index (χ0) is 13.4. The first kappa shape index (κ1) is 12.7. The Balaban J connectivity index is 2.23. The average Bonchev–Trinajstić information content (AvgIpc) is 2.54. The first-order valence-corrected chi connectivity index (χ1v) is 5.90. The molecule has 2 amide bonds. The van der Waals surface area contributed by atoms with Crippen molar-refractivity contribution in [3.63, 3.8) is 0 Å². The highest BCUT2D eigenvalue weighted by Crippen LogP contribution is 2.28. The predicted molar refractivity (Wildman–Crippen MR) is 70.4 cm³/mol. The maximum absolute atomic E-state index is 11.8. The Labute approximate surface area is 110 Å². The van der Waals surface area contributed by atoms with Gasteiger partial charge in [-0.05, 0) is 24.6 Å². The van der Waals surface area contributed by atoms with E-state index in [4.69, 9.17) is 17.3 Å². The Bertz CT molecular complexity index is 530. The molecule has 0 saturated carbocycles. The van der Waals surface area contributed by atoms with Crippen LogP contribution in [0.3, 0.4) is 0 Å². The molecule has 1 aliphatic heterocycles. The van der Waals surface area contributed by atoms with Crippen LogP contribution in [0.2, 0.25) is 5.02 Å². The molecule has 6 heteroatoms. The first-order valence-electron chi connectivity index (χ1n) is 5.52. The quantitative estimate of drug-likeness (QED) is 0.627. The lowest BCUT2D eigenvalue weighted by atomic mass is 10.1. The number of anilines is 2. The van der Waals surface area contributed by atoms with Crippen LogP contribution in [0.5, 0.6) is 0 Å². The van der Waals surface area contributed by atoms with E-state index in [9.17, 15) is 9.59 Å². The minimum atomic E-state index is -0.527. The Hall–Kier alpha value is -1.75. The van der Waals surface area contributed by atoms with Crippen LogP contribution in [-0.4, -0.2) is 29.8 Å². The third-order valence-electron chi connectivity index (χ3n) is 3.05. The number of carbonyl (C=O) groups is 2. The van der Waals surface area contributed by atoms with Gasteiger partial charge < -0.3 is 11.1 Å². The number of benzene rings is 1. The number of carbonyl (C=O) groups excluding carboxylic acids is 2. The van der Waals surface area contributed by atoms with Crippen molar-refractivity contribution in [2.24, 2.45) is 0 Å². The molecule has 1 unspecified atom stereocenters. The van der Waals surface area contributed by atoms with Crippen LogP contribution in [0.15, 0.2) is 12.1 Å². The van der Waals surface area contributed by atoms with E-state index in [0.29, 0.717) is 10.7 Å². The van der Waals surface area contributed by atoms with Crippen molar-refractivity contribution in [2.45, 2.75) is 19.4 Å². The Morgan fingerprint density at radius 3 is 2.67 bits per heavy atom. The van der Waals surface area contributed by atoms with Crippen molar-refractivity contribution in [1.82, 2.24) is 4.90 Å². The molecule has 18 heavy (non-hydrogen) atoms. The van der Waals surface area contributed by atoms with Crippen LogP contribution in [0.25, 0.3) is 0 Å². The number of likely N-dealkylation sites (tertiary alicyclic amines) is 1. The van der Waals surface area contributed by atoms with E-state index in [1.807, 2.05) is 6.92 Å². The smallest absolute Gasteiger partial charge is 0.251 e. The molecule has 2 rings (SSSR count). The lowest BCUT2D eigenvalue weighted by molar-refractivity contribution is -0.136. The number of aryl methyl sites for hydroxylation is 1. The molecule has 0 aliphatic carbocycles. The summed E-state index contributed by atoms with van der Waals surface area (Å²) in [6, 6.07) is 2.87. The van der Waals surface area contributed by atoms with E-state index < -0.39 is 6.04 Å². The maximum atomic E-state index is 11.8.